The fourth-order valence-corrected chi connectivity index (χ4v) is 3.19. The zero-order valence-electron chi connectivity index (χ0n) is 12.4. The molecule has 1 heterocycles. The predicted molar refractivity (Wildman–Crippen MR) is 89.7 cm³/mol. The number of hydrogen-bond donors (Lipinski definition) is 1. The molecule has 0 saturated carbocycles. The molecular formula is C16H21BrN2O2. The zero-order chi connectivity index (χ0) is 15.4. The molecule has 1 saturated heterocycles. The fraction of sp³-hybridized carbons (Fsp3) is 0.438. The summed E-state index contributed by atoms with van der Waals surface area (Å²) in [6.07, 6.45) is 3.97. The summed E-state index contributed by atoms with van der Waals surface area (Å²) in [5, 5.41) is 8.86. The Labute approximate surface area is 134 Å². The summed E-state index contributed by atoms with van der Waals surface area (Å²) in [5.74, 6) is -0.926. The Kier molecular flexibility index (Phi) is 5.42. The maximum atomic E-state index is 10.8. The lowest BCUT2D eigenvalue weighted by Gasteiger charge is -2.31. The largest absolute Gasteiger partial charge is 0.478 e. The van der Waals surface area contributed by atoms with Crippen LogP contribution in [0.15, 0.2) is 28.7 Å². The minimum absolute atomic E-state index is 0.399. The van der Waals surface area contributed by atoms with Crippen molar-refractivity contribution < 1.29 is 9.90 Å². The zero-order valence-corrected chi connectivity index (χ0v) is 14.0. The normalized spacial score (nSPS) is 20.7. The van der Waals surface area contributed by atoms with Crippen molar-refractivity contribution >= 4 is 33.7 Å². The van der Waals surface area contributed by atoms with Crippen LogP contribution in [0, 0.1) is 0 Å². The molecule has 1 unspecified atom stereocenters. The number of likely N-dealkylation sites (N-methyl/N-ethyl adjacent to an activating group) is 1. The number of halogens is 1. The molecule has 0 radical (unpaired) electrons. The highest BCUT2D eigenvalue weighted by Gasteiger charge is 2.21. The molecular weight excluding hydrogens is 332 g/mol. The molecule has 0 bridgehead atoms. The third-order valence-corrected chi connectivity index (χ3v) is 4.24. The van der Waals surface area contributed by atoms with Crippen LogP contribution in [-0.4, -0.2) is 48.7 Å². The van der Waals surface area contributed by atoms with Gasteiger partial charge in [0.15, 0.2) is 0 Å². The average molecular weight is 353 g/mol. The minimum atomic E-state index is -0.926. The Morgan fingerprint density at radius 1 is 1.43 bits per heavy atom. The fourth-order valence-electron chi connectivity index (χ4n) is 2.81. The maximum Gasteiger partial charge on any atom is 0.328 e. The van der Waals surface area contributed by atoms with Crippen molar-refractivity contribution in [1.29, 1.82) is 0 Å². The summed E-state index contributed by atoms with van der Waals surface area (Å²) in [6, 6.07) is 6.44. The minimum Gasteiger partial charge on any atom is -0.478 e. The highest BCUT2D eigenvalue weighted by molar-refractivity contribution is 9.10. The maximum absolute atomic E-state index is 10.8. The highest BCUT2D eigenvalue weighted by atomic mass is 79.9. The number of nitrogens with zero attached hydrogens (tertiary/aromatic N) is 2. The van der Waals surface area contributed by atoms with Gasteiger partial charge in [-0.1, -0.05) is 15.9 Å². The van der Waals surface area contributed by atoms with Crippen LogP contribution in [-0.2, 0) is 4.79 Å². The van der Waals surface area contributed by atoms with Gasteiger partial charge < -0.3 is 14.9 Å². The van der Waals surface area contributed by atoms with E-state index in [0.29, 0.717) is 6.04 Å². The van der Waals surface area contributed by atoms with Gasteiger partial charge in [0, 0.05) is 35.4 Å². The molecule has 1 fully saturated rings. The van der Waals surface area contributed by atoms with Crippen molar-refractivity contribution in [3.05, 3.63) is 34.3 Å². The van der Waals surface area contributed by atoms with E-state index in [2.05, 4.69) is 45.8 Å². The second-order valence-electron chi connectivity index (χ2n) is 5.53. The third kappa shape index (κ3) is 4.32. The molecule has 0 aromatic heterocycles. The molecule has 0 aliphatic carbocycles. The van der Waals surface area contributed by atoms with Gasteiger partial charge in [0.2, 0.25) is 0 Å². The van der Waals surface area contributed by atoms with Gasteiger partial charge in [0.1, 0.15) is 0 Å². The summed E-state index contributed by atoms with van der Waals surface area (Å²) >= 11 is 3.46. The number of rotatable bonds is 3. The Morgan fingerprint density at radius 3 is 2.90 bits per heavy atom. The number of carbonyl (C=O) groups is 1. The van der Waals surface area contributed by atoms with Crippen LogP contribution in [0.2, 0.25) is 0 Å². The van der Waals surface area contributed by atoms with Crippen LogP contribution in [0.4, 0.5) is 5.69 Å². The van der Waals surface area contributed by atoms with E-state index in [1.54, 1.807) is 6.08 Å². The van der Waals surface area contributed by atoms with Gasteiger partial charge in [-0.15, -0.1) is 0 Å². The van der Waals surface area contributed by atoms with Gasteiger partial charge in [-0.05, 0) is 56.8 Å². The lowest BCUT2D eigenvalue weighted by molar-refractivity contribution is -0.131. The first-order valence-electron chi connectivity index (χ1n) is 7.13. The molecule has 1 aliphatic heterocycles. The molecule has 1 N–H and O–H groups in total. The third-order valence-electron chi connectivity index (χ3n) is 3.75. The van der Waals surface area contributed by atoms with Crippen LogP contribution in [0.3, 0.4) is 0 Å². The van der Waals surface area contributed by atoms with E-state index in [9.17, 15) is 4.79 Å². The van der Waals surface area contributed by atoms with Gasteiger partial charge in [0.05, 0.1) is 0 Å². The quantitative estimate of drug-likeness (QED) is 0.849. The number of carboxylic acid groups (broad SMARTS) is 1. The molecule has 21 heavy (non-hydrogen) atoms. The molecule has 0 amide bonds. The Morgan fingerprint density at radius 2 is 2.19 bits per heavy atom. The SMILES string of the molecule is CC1CN(C)CCCN1c1ccc(Br)cc1/C=C/C(=O)O. The number of aliphatic carboxylic acids is 1. The van der Waals surface area contributed by atoms with Gasteiger partial charge in [-0.2, -0.15) is 0 Å². The van der Waals surface area contributed by atoms with E-state index in [1.807, 2.05) is 12.1 Å². The van der Waals surface area contributed by atoms with Crippen molar-refractivity contribution in [1.82, 2.24) is 4.90 Å². The molecule has 1 aromatic carbocycles. The van der Waals surface area contributed by atoms with Crippen molar-refractivity contribution in [3.8, 4) is 0 Å². The summed E-state index contributed by atoms with van der Waals surface area (Å²) < 4.78 is 0.955. The Bertz CT molecular complexity index is 545. The molecule has 0 spiro atoms. The first-order chi connectivity index (χ1) is 9.97. The van der Waals surface area contributed by atoms with E-state index in [4.69, 9.17) is 5.11 Å². The summed E-state index contributed by atoms with van der Waals surface area (Å²) in [7, 11) is 2.15. The molecule has 1 aliphatic rings. The number of carboxylic acids is 1. The van der Waals surface area contributed by atoms with Gasteiger partial charge in [0.25, 0.3) is 0 Å². The second-order valence-corrected chi connectivity index (χ2v) is 6.45. The number of hydrogen-bond acceptors (Lipinski definition) is 3. The molecule has 1 aromatic rings. The summed E-state index contributed by atoms with van der Waals surface area (Å²) in [4.78, 5) is 15.5. The predicted octanol–water partition coefficient (Wildman–Crippen LogP) is 3.08. The van der Waals surface area contributed by atoms with E-state index >= 15 is 0 Å². The van der Waals surface area contributed by atoms with Crippen LogP contribution in [0.25, 0.3) is 6.08 Å². The topological polar surface area (TPSA) is 43.8 Å². The summed E-state index contributed by atoms with van der Waals surface area (Å²) in [5.41, 5.74) is 2.03. The van der Waals surface area contributed by atoms with Gasteiger partial charge >= 0.3 is 5.97 Å². The Balaban J connectivity index is 2.35. The van der Waals surface area contributed by atoms with Crippen LogP contribution >= 0.6 is 15.9 Å². The summed E-state index contributed by atoms with van der Waals surface area (Å²) in [6.45, 7) is 5.31. The molecule has 1 atom stereocenters. The average Bonchev–Trinajstić information content (AvgIpc) is 2.57. The lowest BCUT2D eigenvalue weighted by Crippen LogP contribution is -2.38. The van der Waals surface area contributed by atoms with Crippen molar-refractivity contribution in [3.63, 3.8) is 0 Å². The lowest BCUT2D eigenvalue weighted by atomic mass is 10.1. The standard InChI is InChI=1S/C16H21BrN2O2/c1-12-11-18(2)8-3-9-19(12)15-6-5-14(17)10-13(15)4-7-16(20)21/h4-7,10,12H,3,8-9,11H2,1-2H3,(H,20,21)/b7-4+. The number of benzene rings is 1. The first kappa shape index (κ1) is 16.0. The smallest absolute Gasteiger partial charge is 0.328 e. The monoisotopic (exact) mass is 352 g/mol. The van der Waals surface area contributed by atoms with Crippen LogP contribution in [0.5, 0.6) is 0 Å². The van der Waals surface area contributed by atoms with Crippen molar-refractivity contribution in [2.24, 2.45) is 0 Å². The first-order valence-corrected chi connectivity index (χ1v) is 7.92. The van der Waals surface area contributed by atoms with E-state index in [-0.39, 0.29) is 0 Å². The molecule has 114 valence electrons. The second kappa shape index (κ2) is 7.09. The van der Waals surface area contributed by atoms with Gasteiger partial charge in [-0.3, -0.25) is 0 Å². The van der Waals surface area contributed by atoms with Crippen LogP contribution < -0.4 is 4.90 Å². The van der Waals surface area contributed by atoms with E-state index < -0.39 is 5.97 Å². The van der Waals surface area contributed by atoms with E-state index in [0.717, 1.165) is 41.8 Å². The van der Waals surface area contributed by atoms with E-state index in [1.165, 1.54) is 6.08 Å². The molecule has 2 rings (SSSR count). The number of anilines is 1. The van der Waals surface area contributed by atoms with Crippen LogP contribution in [0.1, 0.15) is 18.9 Å². The van der Waals surface area contributed by atoms with Gasteiger partial charge in [-0.25, -0.2) is 4.79 Å². The molecule has 5 heteroatoms. The Hall–Kier alpha value is -1.33. The highest BCUT2D eigenvalue weighted by Crippen LogP contribution is 2.28. The van der Waals surface area contributed by atoms with Crippen molar-refractivity contribution in [2.75, 3.05) is 31.6 Å². The molecule has 4 nitrogen and oxygen atoms in total. The van der Waals surface area contributed by atoms with Crippen molar-refractivity contribution in [2.45, 2.75) is 19.4 Å².